The molecule has 0 aliphatic carbocycles. The summed E-state index contributed by atoms with van der Waals surface area (Å²) >= 11 is 0.578. The van der Waals surface area contributed by atoms with Crippen LogP contribution in [0.15, 0.2) is 0 Å². The van der Waals surface area contributed by atoms with Crippen LogP contribution in [0.25, 0.3) is 0 Å². The Balaban J connectivity index is 3.16. The standard InChI is InChI=1S/C10H12F3N3O3S/c1-2-19-9(18)4-5(14)6(7(15)17)20-8(4)16-3-10(11,12)13/h16H,2-3,14H2,1H3,(H2,15,17). The number of hydrogen-bond acceptors (Lipinski definition) is 6. The van der Waals surface area contributed by atoms with Gasteiger partial charge in [0.1, 0.15) is 22.0 Å². The number of anilines is 2. The molecular formula is C10H12F3N3O3S. The summed E-state index contributed by atoms with van der Waals surface area (Å²) in [7, 11) is 0. The number of nitrogens with two attached hydrogens (primary N) is 2. The lowest BCUT2D eigenvalue weighted by atomic mass is 10.2. The molecule has 6 nitrogen and oxygen atoms in total. The molecule has 0 fully saturated rings. The fourth-order valence-corrected chi connectivity index (χ4v) is 2.29. The molecular weight excluding hydrogens is 299 g/mol. The molecule has 0 aromatic carbocycles. The summed E-state index contributed by atoms with van der Waals surface area (Å²) in [6, 6.07) is 0. The number of primary amides is 1. The minimum Gasteiger partial charge on any atom is -0.462 e. The first kappa shape index (κ1) is 16.1. The zero-order valence-electron chi connectivity index (χ0n) is 10.3. The van der Waals surface area contributed by atoms with Crippen molar-refractivity contribution in [2.24, 2.45) is 5.73 Å². The van der Waals surface area contributed by atoms with Crippen LogP contribution >= 0.6 is 11.3 Å². The topological polar surface area (TPSA) is 107 Å². The molecule has 1 amide bonds. The van der Waals surface area contributed by atoms with Crippen LogP contribution in [0.1, 0.15) is 27.0 Å². The van der Waals surface area contributed by atoms with Crippen molar-refractivity contribution in [1.29, 1.82) is 0 Å². The Morgan fingerprint density at radius 2 is 2.00 bits per heavy atom. The van der Waals surface area contributed by atoms with Crippen molar-refractivity contribution in [2.45, 2.75) is 13.1 Å². The molecule has 112 valence electrons. The van der Waals surface area contributed by atoms with Gasteiger partial charge < -0.3 is 21.5 Å². The third kappa shape index (κ3) is 3.76. The van der Waals surface area contributed by atoms with Gasteiger partial charge in [-0.1, -0.05) is 0 Å². The largest absolute Gasteiger partial charge is 0.462 e. The molecule has 0 saturated carbocycles. The van der Waals surface area contributed by atoms with E-state index in [1.165, 1.54) is 6.92 Å². The number of esters is 1. The summed E-state index contributed by atoms with van der Waals surface area (Å²) in [5.41, 5.74) is 10.0. The summed E-state index contributed by atoms with van der Waals surface area (Å²) in [6.07, 6.45) is -4.49. The number of thiophene rings is 1. The van der Waals surface area contributed by atoms with Gasteiger partial charge in [-0.2, -0.15) is 13.2 Å². The van der Waals surface area contributed by atoms with E-state index < -0.39 is 24.6 Å². The number of alkyl halides is 3. The molecule has 0 atom stereocenters. The molecule has 0 aliphatic rings. The average Bonchev–Trinajstić information content (AvgIpc) is 2.63. The molecule has 1 heterocycles. The maximum atomic E-state index is 12.2. The first-order chi connectivity index (χ1) is 9.17. The van der Waals surface area contributed by atoms with Gasteiger partial charge in [0.2, 0.25) is 0 Å². The average molecular weight is 311 g/mol. The van der Waals surface area contributed by atoms with Crippen LogP contribution in [0.2, 0.25) is 0 Å². The van der Waals surface area contributed by atoms with Crippen molar-refractivity contribution in [2.75, 3.05) is 24.2 Å². The number of halogens is 3. The lowest BCUT2D eigenvalue weighted by molar-refractivity contribution is -0.115. The molecule has 1 rings (SSSR count). The summed E-state index contributed by atoms with van der Waals surface area (Å²) in [5.74, 6) is -1.85. The first-order valence-electron chi connectivity index (χ1n) is 5.37. The van der Waals surface area contributed by atoms with E-state index in [1.54, 1.807) is 0 Å². The van der Waals surface area contributed by atoms with Crippen molar-refractivity contribution >= 4 is 33.9 Å². The van der Waals surface area contributed by atoms with Crippen molar-refractivity contribution in [3.05, 3.63) is 10.4 Å². The van der Waals surface area contributed by atoms with Crippen molar-refractivity contribution in [3.63, 3.8) is 0 Å². The fraction of sp³-hybridized carbons (Fsp3) is 0.400. The fourth-order valence-electron chi connectivity index (χ4n) is 1.34. The van der Waals surface area contributed by atoms with Gasteiger partial charge in [0.15, 0.2) is 0 Å². The van der Waals surface area contributed by atoms with Crippen LogP contribution in [0.5, 0.6) is 0 Å². The highest BCUT2D eigenvalue weighted by atomic mass is 32.1. The lowest BCUT2D eigenvalue weighted by Crippen LogP contribution is -2.22. The Morgan fingerprint density at radius 3 is 2.45 bits per heavy atom. The Hall–Kier alpha value is -1.97. The third-order valence-corrected chi connectivity index (χ3v) is 3.28. The maximum Gasteiger partial charge on any atom is 0.405 e. The van der Waals surface area contributed by atoms with E-state index in [0.717, 1.165) is 0 Å². The zero-order valence-corrected chi connectivity index (χ0v) is 11.2. The van der Waals surface area contributed by atoms with E-state index in [2.05, 4.69) is 4.74 Å². The highest BCUT2D eigenvalue weighted by Crippen LogP contribution is 2.36. The van der Waals surface area contributed by atoms with E-state index in [9.17, 15) is 22.8 Å². The smallest absolute Gasteiger partial charge is 0.405 e. The summed E-state index contributed by atoms with van der Waals surface area (Å²) in [4.78, 5) is 22.6. The second kappa shape index (κ2) is 5.99. The van der Waals surface area contributed by atoms with Gasteiger partial charge in [-0.3, -0.25) is 4.79 Å². The van der Waals surface area contributed by atoms with E-state index in [-0.39, 0.29) is 27.7 Å². The van der Waals surface area contributed by atoms with Crippen LogP contribution in [0.4, 0.5) is 23.9 Å². The predicted molar refractivity (Wildman–Crippen MR) is 67.8 cm³/mol. The number of amides is 1. The van der Waals surface area contributed by atoms with Crippen molar-refractivity contribution < 1.29 is 27.5 Å². The first-order valence-corrected chi connectivity index (χ1v) is 6.18. The summed E-state index contributed by atoms with van der Waals surface area (Å²) < 4.78 is 41.3. The quantitative estimate of drug-likeness (QED) is 0.716. The summed E-state index contributed by atoms with van der Waals surface area (Å²) in [5, 5.41) is 1.81. The SMILES string of the molecule is CCOC(=O)c1c(NCC(F)(F)F)sc(C(N)=O)c1N. The van der Waals surface area contributed by atoms with Gasteiger partial charge in [-0.05, 0) is 6.92 Å². The third-order valence-electron chi connectivity index (χ3n) is 2.10. The lowest BCUT2D eigenvalue weighted by Gasteiger charge is -2.09. The molecule has 10 heteroatoms. The Kier molecular flexibility index (Phi) is 4.82. The van der Waals surface area contributed by atoms with Gasteiger partial charge in [0.05, 0.1) is 12.3 Å². The van der Waals surface area contributed by atoms with Crippen LogP contribution in [-0.2, 0) is 4.74 Å². The minimum atomic E-state index is -4.49. The molecule has 1 aromatic rings. The van der Waals surface area contributed by atoms with Crippen LogP contribution in [-0.4, -0.2) is 31.2 Å². The van der Waals surface area contributed by atoms with Gasteiger partial charge >= 0.3 is 12.1 Å². The predicted octanol–water partition coefficient (Wildman–Crippen LogP) is 1.58. The normalized spacial score (nSPS) is 11.2. The second-order valence-electron chi connectivity index (χ2n) is 3.60. The highest BCUT2D eigenvalue weighted by molar-refractivity contribution is 7.19. The van der Waals surface area contributed by atoms with Gasteiger partial charge in [-0.25, -0.2) is 4.79 Å². The number of carbonyl (C=O) groups is 2. The zero-order chi connectivity index (χ0) is 15.5. The van der Waals surface area contributed by atoms with Crippen LogP contribution in [0, 0.1) is 0 Å². The Morgan fingerprint density at radius 1 is 1.40 bits per heavy atom. The van der Waals surface area contributed by atoms with Gasteiger partial charge in [0.25, 0.3) is 5.91 Å². The molecule has 0 radical (unpaired) electrons. The summed E-state index contributed by atoms with van der Waals surface area (Å²) in [6.45, 7) is 0.161. The maximum absolute atomic E-state index is 12.2. The monoisotopic (exact) mass is 311 g/mol. The van der Waals surface area contributed by atoms with E-state index in [4.69, 9.17) is 11.5 Å². The van der Waals surface area contributed by atoms with Crippen molar-refractivity contribution in [1.82, 2.24) is 0 Å². The van der Waals surface area contributed by atoms with Gasteiger partial charge in [0, 0.05) is 0 Å². The molecule has 5 N–H and O–H groups in total. The van der Waals surface area contributed by atoms with E-state index in [1.807, 2.05) is 5.32 Å². The van der Waals surface area contributed by atoms with Gasteiger partial charge in [-0.15, -0.1) is 11.3 Å². The highest BCUT2D eigenvalue weighted by Gasteiger charge is 2.30. The molecule has 1 aromatic heterocycles. The van der Waals surface area contributed by atoms with E-state index in [0.29, 0.717) is 11.3 Å². The molecule has 0 aliphatic heterocycles. The Bertz CT molecular complexity index is 528. The van der Waals surface area contributed by atoms with Crippen LogP contribution < -0.4 is 16.8 Å². The molecule has 20 heavy (non-hydrogen) atoms. The number of hydrogen-bond donors (Lipinski definition) is 3. The molecule has 0 unspecified atom stereocenters. The molecule has 0 spiro atoms. The van der Waals surface area contributed by atoms with E-state index >= 15 is 0 Å². The molecule has 0 bridgehead atoms. The number of rotatable bonds is 5. The Labute approximate surface area is 115 Å². The number of ether oxygens (including phenoxy) is 1. The van der Waals surface area contributed by atoms with Crippen LogP contribution in [0.3, 0.4) is 0 Å². The number of carbonyl (C=O) groups excluding carboxylic acids is 2. The number of nitrogen functional groups attached to an aromatic ring is 1. The van der Waals surface area contributed by atoms with Crippen molar-refractivity contribution in [3.8, 4) is 0 Å². The molecule has 0 saturated heterocycles. The second-order valence-corrected chi connectivity index (χ2v) is 4.62. The number of nitrogens with one attached hydrogen (secondary N) is 1. The minimum absolute atomic E-state index is 0.0126.